The molecule has 15 heavy (non-hydrogen) atoms. The van der Waals surface area contributed by atoms with E-state index in [0.29, 0.717) is 6.42 Å². The summed E-state index contributed by atoms with van der Waals surface area (Å²) in [5.74, 6) is 0.828. The highest BCUT2D eigenvalue weighted by Gasteiger charge is 2.20. The molecular formula is C12H23NO2. The Hall–Kier alpha value is -0.570. The molecule has 0 bridgehead atoms. The third kappa shape index (κ3) is 4.65. The number of hydrogen-bond donors (Lipinski definition) is 2. The lowest BCUT2D eigenvalue weighted by Crippen LogP contribution is -2.46. The molecule has 1 aliphatic rings. The topological polar surface area (TPSA) is 49.3 Å². The van der Waals surface area contributed by atoms with Gasteiger partial charge in [0, 0.05) is 6.42 Å². The van der Waals surface area contributed by atoms with E-state index in [-0.39, 0.29) is 12.5 Å². The first-order chi connectivity index (χ1) is 7.03. The van der Waals surface area contributed by atoms with Gasteiger partial charge in [-0.05, 0) is 26.2 Å². The predicted molar refractivity (Wildman–Crippen MR) is 60.5 cm³/mol. The van der Waals surface area contributed by atoms with Crippen LogP contribution in [0.5, 0.6) is 0 Å². The van der Waals surface area contributed by atoms with Crippen LogP contribution in [0.15, 0.2) is 0 Å². The van der Waals surface area contributed by atoms with Crippen LogP contribution in [-0.4, -0.2) is 23.2 Å². The minimum Gasteiger partial charge on any atom is -0.394 e. The average molecular weight is 213 g/mol. The smallest absolute Gasteiger partial charge is 0.220 e. The van der Waals surface area contributed by atoms with Crippen LogP contribution in [0.4, 0.5) is 0 Å². The Balaban J connectivity index is 2.18. The largest absolute Gasteiger partial charge is 0.394 e. The van der Waals surface area contributed by atoms with E-state index >= 15 is 0 Å². The van der Waals surface area contributed by atoms with Crippen molar-refractivity contribution < 1.29 is 9.90 Å². The maximum Gasteiger partial charge on any atom is 0.220 e. The lowest BCUT2D eigenvalue weighted by molar-refractivity contribution is -0.123. The summed E-state index contributed by atoms with van der Waals surface area (Å²) in [4.78, 5) is 11.6. The zero-order valence-electron chi connectivity index (χ0n) is 9.88. The van der Waals surface area contributed by atoms with Crippen molar-refractivity contribution in [1.82, 2.24) is 5.32 Å². The van der Waals surface area contributed by atoms with Gasteiger partial charge in [-0.2, -0.15) is 0 Å². The van der Waals surface area contributed by atoms with E-state index in [0.717, 1.165) is 12.3 Å². The normalized spacial score (nSPS) is 18.1. The molecule has 0 unspecified atom stereocenters. The lowest BCUT2D eigenvalue weighted by atomic mass is 10.0. The highest BCUT2D eigenvalue weighted by molar-refractivity contribution is 5.76. The number of carbonyl (C=O) groups excluding carboxylic acids is 1. The van der Waals surface area contributed by atoms with E-state index in [2.05, 4.69) is 5.32 Å². The highest BCUT2D eigenvalue weighted by atomic mass is 16.3. The monoisotopic (exact) mass is 213 g/mol. The number of hydrogen-bond acceptors (Lipinski definition) is 2. The maximum absolute atomic E-state index is 11.6. The van der Waals surface area contributed by atoms with Crippen LogP contribution in [0.1, 0.15) is 52.4 Å². The lowest BCUT2D eigenvalue weighted by Gasteiger charge is -2.23. The first kappa shape index (κ1) is 12.5. The molecule has 0 heterocycles. The molecule has 88 valence electrons. The van der Waals surface area contributed by atoms with Crippen LogP contribution >= 0.6 is 0 Å². The van der Waals surface area contributed by atoms with Gasteiger partial charge in [0.25, 0.3) is 0 Å². The average Bonchev–Trinajstić information content (AvgIpc) is 2.66. The molecule has 1 aliphatic carbocycles. The minimum absolute atomic E-state index is 0.0117. The minimum atomic E-state index is -0.479. The quantitative estimate of drug-likeness (QED) is 0.732. The van der Waals surface area contributed by atoms with Crippen molar-refractivity contribution in [1.29, 1.82) is 0 Å². The summed E-state index contributed by atoms with van der Waals surface area (Å²) in [5.41, 5.74) is -0.479. The summed E-state index contributed by atoms with van der Waals surface area (Å²) in [5, 5.41) is 11.8. The van der Waals surface area contributed by atoms with Crippen molar-refractivity contribution in [3.63, 3.8) is 0 Å². The highest BCUT2D eigenvalue weighted by Crippen LogP contribution is 2.28. The second-order valence-corrected chi connectivity index (χ2v) is 5.28. The summed E-state index contributed by atoms with van der Waals surface area (Å²) in [6.07, 6.45) is 6.84. The Kier molecular flexibility index (Phi) is 4.58. The summed E-state index contributed by atoms with van der Waals surface area (Å²) in [6, 6.07) is 0. The van der Waals surface area contributed by atoms with Gasteiger partial charge in [-0.3, -0.25) is 4.79 Å². The molecule has 0 aliphatic heterocycles. The van der Waals surface area contributed by atoms with Crippen LogP contribution in [-0.2, 0) is 4.79 Å². The Morgan fingerprint density at radius 2 is 2.00 bits per heavy atom. The second kappa shape index (κ2) is 5.50. The molecule has 2 N–H and O–H groups in total. The summed E-state index contributed by atoms with van der Waals surface area (Å²) in [7, 11) is 0. The third-order valence-corrected chi connectivity index (χ3v) is 3.13. The first-order valence-corrected chi connectivity index (χ1v) is 5.95. The van der Waals surface area contributed by atoms with E-state index < -0.39 is 5.54 Å². The van der Waals surface area contributed by atoms with Gasteiger partial charge in [0.1, 0.15) is 0 Å². The molecular weight excluding hydrogens is 190 g/mol. The van der Waals surface area contributed by atoms with Gasteiger partial charge in [-0.15, -0.1) is 0 Å². The number of carbonyl (C=O) groups is 1. The zero-order chi connectivity index (χ0) is 11.3. The zero-order valence-corrected chi connectivity index (χ0v) is 9.88. The van der Waals surface area contributed by atoms with Gasteiger partial charge in [0.2, 0.25) is 5.91 Å². The van der Waals surface area contributed by atoms with Crippen LogP contribution in [0.25, 0.3) is 0 Å². The van der Waals surface area contributed by atoms with Crippen molar-refractivity contribution in [2.75, 3.05) is 6.61 Å². The first-order valence-electron chi connectivity index (χ1n) is 5.95. The molecule has 1 saturated carbocycles. The van der Waals surface area contributed by atoms with Gasteiger partial charge in [-0.25, -0.2) is 0 Å². The Morgan fingerprint density at radius 1 is 1.40 bits per heavy atom. The van der Waals surface area contributed by atoms with Crippen LogP contribution in [0.3, 0.4) is 0 Å². The van der Waals surface area contributed by atoms with Gasteiger partial charge in [-0.1, -0.05) is 25.7 Å². The van der Waals surface area contributed by atoms with Gasteiger partial charge < -0.3 is 10.4 Å². The van der Waals surface area contributed by atoms with E-state index in [4.69, 9.17) is 5.11 Å². The standard InChI is InChI=1S/C12H23NO2/c1-12(2,9-14)13-11(15)8-7-10-5-3-4-6-10/h10,14H,3-9H2,1-2H3,(H,13,15). The molecule has 1 amide bonds. The summed E-state index contributed by atoms with van der Waals surface area (Å²) >= 11 is 0. The van der Waals surface area contributed by atoms with Crippen LogP contribution in [0.2, 0.25) is 0 Å². The Morgan fingerprint density at radius 3 is 2.53 bits per heavy atom. The van der Waals surface area contributed by atoms with Gasteiger partial charge >= 0.3 is 0 Å². The van der Waals surface area contributed by atoms with Crippen molar-refractivity contribution in [2.24, 2.45) is 5.92 Å². The molecule has 1 fully saturated rings. The van der Waals surface area contributed by atoms with Gasteiger partial charge in [0.05, 0.1) is 12.1 Å². The Labute approximate surface area is 92.3 Å². The van der Waals surface area contributed by atoms with Gasteiger partial charge in [0.15, 0.2) is 0 Å². The van der Waals surface area contributed by atoms with E-state index in [1.807, 2.05) is 13.8 Å². The molecule has 3 nitrogen and oxygen atoms in total. The SMILES string of the molecule is CC(C)(CO)NC(=O)CCC1CCCC1. The van der Waals surface area contributed by atoms with Crippen molar-refractivity contribution >= 4 is 5.91 Å². The molecule has 0 aromatic rings. The molecule has 0 aromatic carbocycles. The van der Waals surface area contributed by atoms with Crippen LogP contribution < -0.4 is 5.32 Å². The third-order valence-electron chi connectivity index (χ3n) is 3.13. The number of aliphatic hydroxyl groups excluding tert-OH is 1. The second-order valence-electron chi connectivity index (χ2n) is 5.28. The van der Waals surface area contributed by atoms with Crippen molar-refractivity contribution in [2.45, 2.75) is 57.9 Å². The van der Waals surface area contributed by atoms with Crippen molar-refractivity contribution in [3.8, 4) is 0 Å². The summed E-state index contributed by atoms with van der Waals surface area (Å²) < 4.78 is 0. The fraction of sp³-hybridized carbons (Fsp3) is 0.917. The van der Waals surface area contributed by atoms with Crippen LogP contribution in [0, 0.1) is 5.92 Å². The number of amides is 1. The fourth-order valence-corrected chi connectivity index (χ4v) is 2.11. The number of aliphatic hydroxyl groups is 1. The predicted octanol–water partition coefficient (Wildman–Crippen LogP) is 1.84. The fourth-order valence-electron chi connectivity index (χ4n) is 2.11. The molecule has 3 heteroatoms. The molecule has 0 spiro atoms. The van der Waals surface area contributed by atoms with E-state index in [9.17, 15) is 4.79 Å². The Bertz CT molecular complexity index is 208. The summed E-state index contributed by atoms with van der Waals surface area (Å²) in [6.45, 7) is 3.66. The molecule has 0 saturated heterocycles. The molecule has 1 rings (SSSR count). The van der Waals surface area contributed by atoms with Crippen molar-refractivity contribution in [3.05, 3.63) is 0 Å². The molecule has 0 aromatic heterocycles. The number of nitrogens with one attached hydrogen (secondary N) is 1. The maximum atomic E-state index is 11.6. The number of rotatable bonds is 5. The van der Waals surface area contributed by atoms with E-state index in [1.54, 1.807) is 0 Å². The molecule has 0 radical (unpaired) electrons. The molecule has 0 atom stereocenters. The van der Waals surface area contributed by atoms with E-state index in [1.165, 1.54) is 25.7 Å².